The Morgan fingerprint density at radius 1 is 1.28 bits per heavy atom. The lowest BCUT2D eigenvalue weighted by molar-refractivity contribution is -0.119. The number of halogens is 2. The summed E-state index contributed by atoms with van der Waals surface area (Å²) >= 11 is 3.26. The van der Waals surface area contributed by atoms with Crippen LogP contribution in [-0.4, -0.2) is 33.3 Å². The van der Waals surface area contributed by atoms with Crippen molar-refractivity contribution in [2.75, 3.05) is 17.1 Å². The van der Waals surface area contributed by atoms with Gasteiger partial charge in [-0.3, -0.25) is 9.10 Å². The van der Waals surface area contributed by atoms with Crippen LogP contribution in [0.4, 0.5) is 10.1 Å². The zero-order chi connectivity index (χ0) is 18.4. The second-order valence-corrected chi connectivity index (χ2v) is 7.89. The van der Waals surface area contributed by atoms with E-state index in [1.807, 2.05) is 0 Å². The van der Waals surface area contributed by atoms with Gasteiger partial charge in [-0.05, 0) is 24.3 Å². The van der Waals surface area contributed by atoms with Crippen molar-refractivity contribution in [1.82, 2.24) is 5.43 Å². The van der Waals surface area contributed by atoms with E-state index in [0.29, 0.717) is 10.2 Å². The lowest BCUT2D eigenvalue weighted by atomic mass is 10.2. The molecule has 0 spiro atoms. The van der Waals surface area contributed by atoms with E-state index in [0.717, 1.165) is 16.8 Å². The molecule has 9 heteroatoms. The normalized spacial score (nSPS) is 11.5. The first-order valence-electron chi connectivity index (χ1n) is 7.07. The van der Waals surface area contributed by atoms with Crippen molar-refractivity contribution in [3.63, 3.8) is 0 Å². The number of rotatable bonds is 6. The molecule has 1 amide bonds. The second-order valence-electron chi connectivity index (χ2n) is 5.06. The van der Waals surface area contributed by atoms with Gasteiger partial charge in [0.25, 0.3) is 5.91 Å². The molecule has 2 aromatic rings. The van der Waals surface area contributed by atoms with Crippen LogP contribution < -0.4 is 9.73 Å². The van der Waals surface area contributed by atoms with Crippen LogP contribution in [0.1, 0.15) is 5.56 Å². The fraction of sp³-hybridized carbons (Fsp3) is 0.125. The Morgan fingerprint density at radius 3 is 2.64 bits per heavy atom. The van der Waals surface area contributed by atoms with Crippen molar-refractivity contribution in [2.24, 2.45) is 5.10 Å². The summed E-state index contributed by atoms with van der Waals surface area (Å²) in [5, 5.41) is 3.65. The van der Waals surface area contributed by atoms with Crippen molar-refractivity contribution in [2.45, 2.75) is 0 Å². The van der Waals surface area contributed by atoms with Crippen LogP contribution in [0.5, 0.6) is 0 Å². The second kappa shape index (κ2) is 8.21. The molecule has 0 bridgehead atoms. The SMILES string of the molecule is CS(=O)(=O)N(CC(=O)N/N=C/c1ccccc1F)c1cccc(Br)c1. The van der Waals surface area contributed by atoms with Crippen molar-refractivity contribution in [1.29, 1.82) is 0 Å². The summed E-state index contributed by atoms with van der Waals surface area (Å²) in [5.41, 5.74) is 2.73. The topological polar surface area (TPSA) is 78.8 Å². The number of nitrogens with zero attached hydrogens (tertiary/aromatic N) is 2. The number of sulfonamides is 1. The summed E-state index contributed by atoms with van der Waals surface area (Å²) in [7, 11) is -3.67. The summed E-state index contributed by atoms with van der Waals surface area (Å²) in [6.45, 7) is -0.454. The molecule has 0 saturated heterocycles. The average molecular weight is 428 g/mol. The fourth-order valence-electron chi connectivity index (χ4n) is 1.95. The molecule has 0 saturated carbocycles. The number of anilines is 1. The van der Waals surface area contributed by atoms with E-state index >= 15 is 0 Å². The highest BCUT2D eigenvalue weighted by atomic mass is 79.9. The summed E-state index contributed by atoms with van der Waals surface area (Å²) in [4.78, 5) is 12.0. The maximum Gasteiger partial charge on any atom is 0.260 e. The van der Waals surface area contributed by atoms with Crippen LogP contribution >= 0.6 is 15.9 Å². The third-order valence-electron chi connectivity index (χ3n) is 3.08. The molecule has 0 aliphatic heterocycles. The molecule has 0 aliphatic carbocycles. The third kappa shape index (κ3) is 5.64. The van der Waals surface area contributed by atoms with Crippen LogP contribution in [0.3, 0.4) is 0 Å². The zero-order valence-electron chi connectivity index (χ0n) is 13.2. The van der Waals surface area contributed by atoms with Crippen LogP contribution in [0.15, 0.2) is 58.1 Å². The molecule has 0 aliphatic rings. The quantitative estimate of drug-likeness (QED) is 0.568. The smallest absolute Gasteiger partial charge is 0.260 e. The van der Waals surface area contributed by atoms with Gasteiger partial charge in [0.2, 0.25) is 10.0 Å². The van der Waals surface area contributed by atoms with Gasteiger partial charge in [-0.15, -0.1) is 0 Å². The maximum absolute atomic E-state index is 13.4. The Kier molecular flexibility index (Phi) is 6.27. The number of hydrogen-bond donors (Lipinski definition) is 1. The lowest BCUT2D eigenvalue weighted by Gasteiger charge is -2.21. The van der Waals surface area contributed by atoms with E-state index in [-0.39, 0.29) is 5.56 Å². The molecule has 25 heavy (non-hydrogen) atoms. The number of nitrogens with one attached hydrogen (secondary N) is 1. The Hall–Kier alpha value is -2.26. The number of amides is 1. The first-order chi connectivity index (χ1) is 11.8. The Bertz CT molecular complexity index is 903. The number of hydrazone groups is 1. The third-order valence-corrected chi connectivity index (χ3v) is 4.72. The molecular weight excluding hydrogens is 413 g/mol. The average Bonchev–Trinajstić information content (AvgIpc) is 2.53. The molecule has 6 nitrogen and oxygen atoms in total. The molecule has 0 heterocycles. The van der Waals surface area contributed by atoms with E-state index in [9.17, 15) is 17.6 Å². The van der Waals surface area contributed by atoms with Crippen molar-refractivity contribution >= 4 is 43.8 Å². The predicted molar refractivity (Wildman–Crippen MR) is 98.5 cm³/mol. The van der Waals surface area contributed by atoms with E-state index in [4.69, 9.17) is 0 Å². The standard InChI is InChI=1S/C16H15BrFN3O3S/c1-25(23,24)21(14-7-4-6-13(17)9-14)11-16(22)20-19-10-12-5-2-3-8-15(12)18/h2-10H,11H2,1H3,(H,20,22)/b19-10+. The molecule has 0 unspecified atom stereocenters. The summed E-state index contributed by atoms with van der Waals surface area (Å²) in [5.74, 6) is -1.13. The molecule has 2 rings (SSSR count). The van der Waals surface area contributed by atoms with E-state index < -0.39 is 28.3 Å². The van der Waals surface area contributed by atoms with E-state index in [1.165, 1.54) is 18.2 Å². The van der Waals surface area contributed by atoms with E-state index in [2.05, 4.69) is 26.5 Å². The van der Waals surface area contributed by atoms with Crippen molar-refractivity contribution in [3.8, 4) is 0 Å². The highest BCUT2D eigenvalue weighted by molar-refractivity contribution is 9.10. The first-order valence-corrected chi connectivity index (χ1v) is 9.71. The highest BCUT2D eigenvalue weighted by Crippen LogP contribution is 2.21. The number of carbonyl (C=O) groups excluding carboxylic acids is 1. The molecule has 0 aromatic heterocycles. The Labute approximate surface area is 153 Å². The van der Waals surface area contributed by atoms with Gasteiger partial charge >= 0.3 is 0 Å². The molecular formula is C16H15BrFN3O3S. The molecule has 0 fully saturated rings. The van der Waals surface area contributed by atoms with Crippen LogP contribution in [0.25, 0.3) is 0 Å². The Morgan fingerprint density at radius 2 is 2.00 bits per heavy atom. The molecule has 1 N–H and O–H groups in total. The minimum absolute atomic E-state index is 0.203. The monoisotopic (exact) mass is 427 g/mol. The van der Waals surface area contributed by atoms with Gasteiger partial charge in [0.1, 0.15) is 12.4 Å². The van der Waals surface area contributed by atoms with E-state index in [1.54, 1.807) is 30.3 Å². The number of benzene rings is 2. The summed E-state index contributed by atoms with van der Waals surface area (Å²) < 4.78 is 39.0. The maximum atomic E-state index is 13.4. The van der Waals surface area contributed by atoms with Gasteiger partial charge in [-0.2, -0.15) is 5.10 Å². The minimum atomic E-state index is -3.67. The van der Waals surface area contributed by atoms with Gasteiger partial charge in [0, 0.05) is 10.0 Å². The van der Waals surface area contributed by atoms with Gasteiger partial charge in [-0.1, -0.05) is 40.2 Å². The van der Waals surface area contributed by atoms with Crippen molar-refractivity contribution in [3.05, 3.63) is 64.4 Å². The van der Waals surface area contributed by atoms with Crippen LogP contribution in [0, 0.1) is 5.82 Å². The summed E-state index contributed by atoms with van der Waals surface area (Å²) in [6.07, 6.45) is 2.15. The first kappa shape index (κ1) is 19.1. The fourth-order valence-corrected chi connectivity index (χ4v) is 3.19. The molecule has 2 aromatic carbocycles. The number of carbonyl (C=O) groups is 1. The van der Waals surface area contributed by atoms with Gasteiger partial charge < -0.3 is 0 Å². The van der Waals surface area contributed by atoms with Crippen molar-refractivity contribution < 1.29 is 17.6 Å². The van der Waals surface area contributed by atoms with Gasteiger partial charge in [0.05, 0.1) is 18.2 Å². The summed E-state index contributed by atoms with van der Waals surface area (Å²) in [6, 6.07) is 12.5. The Balaban J connectivity index is 2.09. The minimum Gasteiger partial charge on any atom is -0.271 e. The molecule has 0 radical (unpaired) electrons. The predicted octanol–water partition coefficient (Wildman–Crippen LogP) is 2.50. The van der Waals surface area contributed by atoms with Gasteiger partial charge in [-0.25, -0.2) is 18.2 Å². The van der Waals surface area contributed by atoms with Crippen LogP contribution in [0.2, 0.25) is 0 Å². The zero-order valence-corrected chi connectivity index (χ0v) is 15.6. The molecule has 132 valence electrons. The van der Waals surface area contributed by atoms with Crippen LogP contribution in [-0.2, 0) is 14.8 Å². The molecule has 0 atom stereocenters. The highest BCUT2D eigenvalue weighted by Gasteiger charge is 2.20. The lowest BCUT2D eigenvalue weighted by Crippen LogP contribution is -2.39. The number of hydrogen-bond acceptors (Lipinski definition) is 4. The van der Waals surface area contributed by atoms with Gasteiger partial charge in [0.15, 0.2) is 0 Å². The largest absolute Gasteiger partial charge is 0.271 e.